The molecule has 0 aromatic carbocycles. The van der Waals surface area contributed by atoms with Gasteiger partial charge in [-0.2, -0.15) is 0 Å². The molecule has 2 radical (unpaired) electrons. The SMILES string of the molecule is [C]1N(C2CCCCC2)C=CN1C1CCCCC1.[Cl][Cu]. The Bertz CT molecular complexity index is 247. The Balaban J connectivity index is 0.000000637. The van der Waals surface area contributed by atoms with E-state index in [9.17, 15) is 0 Å². The summed E-state index contributed by atoms with van der Waals surface area (Å²) in [6, 6.07) is 1.46. The molecule has 4 heteroatoms. The van der Waals surface area contributed by atoms with Crippen molar-refractivity contribution >= 4 is 10.1 Å². The second kappa shape index (κ2) is 8.44. The van der Waals surface area contributed by atoms with Gasteiger partial charge < -0.3 is 9.80 Å². The van der Waals surface area contributed by atoms with Crippen LogP contribution in [0.5, 0.6) is 0 Å². The van der Waals surface area contributed by atoms with Gasteiger partial charge in [0.05, 0.1) is 0 Å². The Hall–Kier alpha value is 0.149. The van der Waals surface area contributed by atoms with Crippen LogP contribution in [-0.2, 0) is 15.1 Å². The predicted octanol–water partition coefficient (Wildman–Crippen LogP) is 4.42. The van der Waals surface area contributed by atoms with Crippen LogP contribution in [-0.4, -0.2) is 21.9 Å². The molecule has 2 nitrogen and oxygen atoms in total. The third-order valence-corrected chi connectivity index (χ3v) is 4.55. The number of rotatable bonds is 2. The first kappa shape index (κ1) is 15.5. The molecular weight excluding hydrogens is 307 g/mol. The first-order chi connectivity index (χ1) is 9.43. The minimum atomic E-state index is 0.730. The van der Waals surface area contributed by atoms with Crippen LogP contribution in [0.2, 0.25) is 0 Å². The Morgan fingerprint density at radius 3 is 1.47 bits per heavy atom. The van der Waals surface area contributed by atoms with E-state index in [1.54, 1.807) is 0 Å². The van der Waals surface area contributed by atoms with Gasteiger partial charge in [0.25, 0.3) is 0 Å². The maximum atomic E-state index is 4.20. The summed E-state index contributed by atoms with van der Waals surface area (Å²) in [5, 5.41) is 0. The van der Waals surface area contributed by atoms with Crippen LogP contribution in [0.1, 0.15) is 64.2 Å². The summed E-state index contributed by atoms with van der Waals surface area (Å²) in [4.78, 5) is 4.71. The van der Waals surface area contributed by atoms with Crippen molar-refractivity contribution in [3.63, 3.8) is 0 Å². The van der Waals surface area contributed by atoms with Crippen molar-refractivity contribution in [3.05, 3.63) is 19.1 Å². The number of nitrogens with zero attached hydrogens (tertiary/aromatic N) is 2. The van der Waals surface area contributed by atoms with E-state index in [1.165, 1.54) is 64.2 Å². The van der Waals surface area contributed by atoms with Gasteiger partial charge in [0.2, 0.25) is 6.67 Å². The third-order valence-electron chi connectivity index (χ3n) is 4.55. The zero-order valence-electron chi connectivity index (χ0n) is 11.5. The molecule has 19 heavy (non-hydrogen) atoms. The molecule has 0 amide bonds. The molecule has 3 aliphatic rings. The number of halogens is 1. The van der Waals surface area contributed by atoms with Crippen molar-refractivity contribution in [2.75, 3.05) is 0 Å². The van der Waals surface area contributed by atoms with Gasteiger partial charge in [-0.15, -0.1) is 0 Å². The number of hydrogen-bond donors (Lipinski definition) is 0. The molecule has 3 rings (SSSR count). The van der Waals surface area contributed by atoms with E-state index in [-0.39, 0.29) is 0 Å². The molecule has 0 N–H and O–H groups in total. The second-order valence-corrected chi connectivity index (χ2v) is 5.80. The van der Waals surface area contributed by atoms with Crippen LogP contribution < -0.4 is 0 Å². The van der Waals surface area contributed by atoms with Gasteiger partial charge in [0.15, 0.2) is 0 Å². The van der Waals surface area contributed by atoms with Gasteiger partial charge in [-0.05, 0) is 25.7 Å². The Morgan fingerprint density at radius 1 is 0.737 bits per heavy atom. The molecular formula is C15H24ClCuN2. The van der Waals surface area contributed by atoms with Crippen molar-refractivity contribution in [1.29, 1.82) is 0 Å². The Morgan fingerprint density at radius 2 is 1.11 bits per heavy atom. The summed E-state index contributed by atoms with van der Waals surface area (Å²) in [5.41, 5.74) is 0. The monoisotopic (exact) mass is 330 g/mol. The Labute approximate surface area is 130 Å². The summed E-state index contributed by atoms with van der Waals surface area (Å²) in [6.45, 7) is 3.59. The van der Waals surface area contributed by atoms with Crippen molar-refractivity contribution in [2.45, 2.75) is 76.3 Å². The molecule has 0 unspecified atom stereocenters. The summed E-state index contributed by atoms with van der Waals surface area (Å²) in [7, 11) is 4.20. The molecule has 0 aromatic rings. The zero-order valence-corrected chi connectivity index (χ0v) is 13.2. The van der Waals surface area contributed by atoms with E-state index in [0.717, 1.165) is 12.1 Å². The zero-order chi connectivity index (χ0) is 13.5. The fraction of sp³-hybridized carbons (Fsp3) is 0.800. The molecule has 2 saturated carbocycles. The van der Waals surface area contributed by atoms with Crippen LogP contribution in [0.3, 0.4) is 0 Å². The summed E-state index contributed by atoms with van der Waals surface area (Å²) in [6.07, 6.45) is 18.4. The van der Waals surface area contributed by atoms with E-state index in [4.69, 9.17) is 0 Å². The van der Waals surface area contributed by atoms with E-state index in [1.807, 2.05) is 0 Å². The Kier molecular flexibility index (Phi) is 6.90. The van der Waals surface area contributed by atoms with Crippen molar-refractivity contribution in [2.24, 2.45) is 0 Å². The molecule has 2 aliphatic carbocycles. The van der Waals surface area contributed by atoms with Crippen LogP contribution in [0.15, 0.2) is 12.4 Å². The first-order valence-electron chi connectivity index (χ1n) is 7.56. The van der Waals surface area contributed by atoms with Crippen molar-refractivity contribution in [1.82, 2.24) is 9.80 Å². The molecule has 2 fully saturated rings. The standard InChI is InChI=1S/C15H24N2.ClH.Cu/c1-3-7-14(8-4-1)16-11-12-17(13-16)15-9-5-2-6-10-15;;/h11-12,14-15H,1-10H2;1H;/q;;+1/p-1. The predicted molar refractivity (Wildman–Crippen MR) is 75.7 cm³/mol. The van der Waals surface area contributed by atoms with Gasteiger partial charge in [-0.3, -0.25) is 0 Å². The quantitative estimate of drug-likeness (QED) is 0.691. The van der Waals surface area contributed by atoms with Crippen molar-refractivity contribution in [3.8, 4) is 0 Å². The summed E-state index contributed by atoms with van der Waals surface area (Å²) >= 11 is 3.66. The average molecular weight is 331 g/mol. The van der Waals surface area contributed by atoms with Gasteiger partial charge in [0.1, 0.15) is 0 Å². The van der Waals surface area contributed by atoms with E-state index in [2.05, 4.69) is 54.1 Å². The van der Waals surface area contributed by atoms with Gasteiger partial charge in [-0.25, -0.2) is 0 Å². The molecule has 1 aliphatic heterocycles. The first-order valence-corrected chi connectivity index (χ1v) is 8.86. The van der Waals surface area contributed by atoms with Gasteiger partial charge in [0, 0.05) is 24.5 Å². The molecule has 0 atom stereocenters. The fourth-order valence-corrected chi connectivity index (χ4v) is 3.47. The fourth-order valence-electron chi connectivity index (χ4n) is 3.47. The van der Waals surface area contributed by atoms with Gasteiger partial charge >= 0.3 is 25.2 Å². The van der Waals surface area contributed by atoms with E-state index in [0.29, 0.717) is 0 Å². The van der Waals surface area contributed by atoms with Crippen LogP contribution in [0, 0.1) is 6.67 Å². The molecule has 112 valence electrons. The third kappa shape index (κ3) is 4.31. The molecule has 0 spiro atoms. The molecule has 0 bridgehead atoms. The van der Waals surface area contributed by atoms with Gasteiger partial charge in [-0.1, -0.05) is 38.5 Å². The van der Waals surface area contributed by atoms with E-state index < -0.39 is 0 Å². The summed E-state index contributed by atoms with van der Waals surface area (Å²) in [5.74, 6) is 0. The molecule has 0 saturated heterocycles. The van der Waals surface area contributed by atoms with Crippen LogP contribution >= 0.6 is 10.1 Å². The molecule has 0 aromatic heterocycles. The average Bonchev–Trinajstić information content (AvgIpc) is 3.01. The molecule has 1 heterocycles. The van der Waals surface area contributed by atoms with E-state index >= 15 is 0 Å². The second-order valence-electron chi connectivity index (χ2n) is 5.80. The topological polar surface area (TPSA) is 6.48 Å². The van der Waals surface area contributed by atoms with Crippen molar-refractivity contribution < 1.29 is 15.1 Å². The normalized spacial score (nSPS) is 25.4. The minimum absolute atomic E-state index is 0.730. The van der Waals surface area contributed by atoms with Crippen LogP contribution in [0.4, 0.5) is 0 Å². The van der Waals surface area contributed by atoms with Crippen LogP contribution in [0.25, 0.3) is 0 Å². The maximum absolute atomic E-state index is 4.20. The number of hydrogen-bond acceptors (Lipinski definition) is 2. The summed E-state index contributed by atoms with van der Waals surface area (Å²) < 4.78 is 0.